The maximum atomic E-state index is 11.2. The van der Waals surface area contributed by atoms with Gasteiger partial charge in [0.2, 0.25) is 0 Å². The van der Waals surface area contributed by atoms with Gasteiger partial charge in [-0.05, 0) is 24.6 Å². The summed E-state index contributed by atoms with van der Waals surface area (Å²) in [4.78, 5) is 21.9. The number of hydrogen-bond donors (Lipinski definition) is 3. The van der Waals surface area contributed by atoms with Crippen molar-refractivity contribution < 1.29 is 14.7 Å². The Morgan fingerprint density at radius 2 is 2.17 bits per heavy atom. The zero-order chi connectivity index (χ0) is 13.7. The van der Waals surface area contributed by atoms with Crippen molar-refractivity contribution in [2.75, 3.05) is 11.9 Å². The van der Waals surface area contributed by atoms with Gasteiger partial charge in [-0.1, -0.05) is 22.9 Å². The van der Waals surface area contributed by atoms with Crippen LogP contribution < -0.4 is 11.1 Å². The van der Waals surface area contributed by atoms with E-state index in [-0.39, 0.29) is 0 Å². The van der Waals surface area contributed by atoms with Gasteiger partial charge in [-0.2, -0.15) is 0 Å². The lowest BCUT2D eigenvalue weighted by molar-refractivity contribution is -0.141. The minimum atomic E-state index is -0.831. The van der Waals surface area contributed by atoms with Crippen molar-refractivity contribution in [2.24, 2.45) is 11.7 Å². The van der Waals surface area contributed by atoms with Gasteiger partial charge >= 0.3 is 5.97 Å². The molecule has 0 heterocycles. The fourth-order valence-corrected chi connectivity index (χ4v) is 1.78. The predicted octanol–water partition coefficient (Wildman–Crippen LogP) is 2.07. The number of halogens is 1. The topological polar surface area (TPSA) is 92.4 Å². The summed E-state index contributed by atoms with van der Waals surface area (Å²) in [6.07, 6.45) is 0.476. The third kappa shape index (κ3) is 4.03. The first-order valence-corrected chi connectivity index (χ1v) is 6.27. The maximum absolute atomic E-state index is 11.2. The number of carbonyl (C=O) groups is 2. The van der Waals surface area contributed by atoms with E-state index in [2.05, 4.69) is 21.2 Å². The molecule has 0 saturated heterocycles. The quantitative estimate of drug-likeness (QED) is 0.749. The monoisotopic (exact) mass is 314 g/mol. The van der Waals surface area contributed by atoms with E-state index < -0.39 is 17.8 Å². The predicted molar refractivity (Wildman–Crippen MR) is 72.6 cm³/mol. The van der Waals surface area contributed by atoms with Gasteiger partial charge in [-0.3, -0.25) is 9.59 Å². The van der Waals surface area contributed by atoms with Crippen LogP contribution in [0.2, 0.25) is 0 Å². The second kappa shape index (κ2) is 6.39. The lowest BCUT2D eigenvalue weighted by Gasteiger charge is -2.12. The minimum Gasteiger partial charge on any atom is -0.481 e. The van der Waals surface area contributed by atoms with Crippen LogP contribution >= 0.6 is 15.9 Å². The Morgan fingerprint density at radius 1 is 1.50 bits per heavy atom. The van der Waals surface area contributed by atoms with E-state index in [4.69, 9.17) is 10.8 Å². The molecule has 5 nitrogen and oxygen atoms in total. The summed E-state index contributed by atoms with van der Waals surface area (Å²) in [6.45, 7) is 2.11. The molecule has 1 aromatic rings. The fraction of sp³-hybridized carbons (Fsp3) is 0.333. The number of amides is 1. The molecule has 0 spiro atoms. The van der Waals surface area contributed by atoms with Crippen LogP contribution in [0.25, 0.3) is 0 Å². The summed E-state index contributed by atoms with van der Waals surface area (Å²) in [6, 6.07) is 5.15. The Labute approximate surface area is 113 Å². The summed E-state index contributed by atoms with van der Waals surface area (Å²) in [5.41, 5.74) is 6.27. The van der Waals surface area contributed by atoms with Crippen LogP contribution in [-0.4, -0.2) is 23.5 Å². The van der Waals surface area contributed by atoms with Gasteiger partial charge < -0.3 is 16.2 Å². The number of rotatable bonds is 6. The van der Waals surface area contributed by atoms with Gasteiger partial charge in [0.15, 0.2) is 0 Å². The van der Waals surface area contributed by atoms with Gasteiger partial charge in [-0.25, -0.2) is 0 Å². The molecule has 4 N–H and O–H groups in total. The largest absolute Gasteiger partial charge is 0.481 e. The fourth-order valence-electron chi connectivity index (χ4n) is 1.42. The molecule has 0 aliphatic rings. The number of primary amides is 1. The lowest BCUT2D eigenvalue weighted by atomic mass is 10.1. The molecule has 18 heavy (non-hydrogen) atoms. The highest BCUT2D eigenvalue weighted by atomic mass is 79.9. The third-order valence-corrected chi connectivity index (χ3v) is 3.05. The van der Waals surface area contributed by atoms with E-state index in [0.29, 0.717) is 24.2 Å². The van der Waals surface area contributed by atoms with E-state index in [1.165, 1.54) is 0 Å². The Balaban J connectivity index is 2.67. The second-order valence-electron chi connectivity index (χ2n) is 4.01. The smallest absolute Gasteiger partial charge is 0.306 e. The molecule has 0 aromatic heterocycles. The number of nitrogens with one attached hydrogen (secondary N) is 1. The number of aliphatic carboxylic acids is 1. The van der Waals surface area contributed by atoms with Gasteiger partial charge in [-0.15, -0.1) is 0 Å². The summed E-state index contributed by atoms with van der Waals surface area (Å²) < 4.78 is 0.765. The summed E-state index contributed by atoms with van der Waals surface area (Å²) in [7, 11) is 0. The first-order valence-electron chi connectivity index (χ1n) is 5.48. The number of nitrogens with two attached hydrogens (primary N) is 1. The lowest BCUT2D eigenvalue weighted by Crippen LogP contribution is -2.17. The molecule has 0 aliphatic carbocycles. The molecule has 0 aliphatic heterocycles. The standard InChI is InChI=1S/C12H15BrN2O3/c1-7(12(17)18)4-5-15-10-3-2-8(13)6-9(10)11(14)16/h2-3,6-7,15H,4-5H2,1H3,(H2,14,16)(H,17,18). The molecular weight excluding hydrogens is 300 g/mol. The van der Waals surface area contributed by atoms with Crippen molar-refractivity contribution in [3.63, 3.8) is 0 Å². The molecule has 98 valence electrons. The SMILES string of the molecule is CC(CCNc1ccc(Br)cc1C(N)=O)C(=O)O. The molecule has 0 bridgehead atoms. The van der Waals surface area contributed by atoms with E-state index in [1.807, 2.05) is 0 Å². The molecule has 0 saturated carbocycles. The highest BCUT2D eigenvalue weighted by molar-refractivity contribution is 9.10. The molecule has 0 radical (unpaired) electrons. The molecule has 1 amide bonds. The average molecular weight is 315 g/mol. The van der Waals surface area contributed by atoms with Crippen LogP contribution in [0.3, 0.4) is 0 Å². The van der Waals surface area contributed by atoms with Gasteiger partial charge in [0.05, 0.1) is 11.5 Å². The zero-order valence-corrected chi connectivity index (χ0v) is 11.5. The number of anilines is 1. The molecule has 1 atom stereocenters. The van der Waals surface area contributed by atoms with Crippen molar-refractivity contribution in [1.82, 2.24) is 0 Å². The Hall–Kier alpha value is -1.56. The normalized spacial score (nSPS) is 11.9. The van der Waals surface area contributed by atoms with Gasteiger partial charge in [0.25, 0.3) is 5.91 Å². The maximum Gasteiger partial charge on any atom is 0.306 e. The van der Waals surface area contributed by atoms with Crippen molar-refractivity contribution >= 4 is 33.5 Å². The molecular formula is C12H15BrN2O3. The summed E-state index contributed by atoms with van der Waals surface area (Å²) in [5, 5.41) is 11.8. The van der Waals surface area contributed by atoms with E-state index in [9.17, 15) is 9.59 Å². The first-order chi connectivity index (χ1) is 8.41. The molecule has 0 fully saturated rings. The van der Waals surface area contributed by atoms with Crippen LogP contribution in [0.4, 0.5) is 5.69 Å². The van der Waals surface area contributed by atoms with Crippen molar-refractivity contribution in [1.29, 1.82) is 0 Å². The Bertz CT molecular complexity index is 463. The van der Waals surface area contributed by atoms with E-state index in [0.717, 1.165) is 4.47 Å². The highest BCUT2D eigenvalue weighted by Crippen LogP contribution is 2.20. The second-order valence-corrected chi connectivity index (χ2v) is 4.92. The van der Waals surface area contributed by atoms with E-state index >= 15 is 0 Å². The van der Waals surface area contributed by atoms with Crippen LogP contribution in [0.5, 0.6) is 0 Å². The summed E-state index contributed by atoms with van der Waals surface area (Å²) >= 11 is 3.26. The number of benzene rings is 1. The zero-order valence-electron chi connectivity index (χ0n) is 9.94. The third-order valence-electron chi connectivity index (χ3n) is 2.56. The van der Waals surface area contributed by atoms with Gasteiger partial charge in [0, 0.05) is 16.7 Å². The first kappa shape index (κ1) is 14.5. The minimum absolute atomic E-state index is 0.382. The van der Waals surface area contributed by atoms with Crippen LogP contribution in [0, 0.1) is 5.92 Å². The van der Waals surface area contributed by atoms with Crippen molar-refractivity contribution in [2.45, 2.75) is 13.3 Å². The van der Waals surface area contributed by atoms with E-state index in [1.54, 1.807) is 25.1 Å². The molecule has 1 unspecified atom stereocenters. The molecule has 1 aromatic carbocycles. The average Bonchev–Trinajstić information content (AvgIpc) is 2.30. The summed E-state index contributed by atoms with van der Waals surface area (Å²) in [5.74, 6) is -1.78. The highest BCUT2D eigenvalue weighted by Gasteiger charge is 2.12. The number of hydrogen-bond acceptors (Lipinski definition) is 3. The van der Waals surface area contributed by atoms with Crippen LogP contribution in [0.1, 0.15) is 23.7 Å². The Kier molecular flexibility index (Phi) is 5.15. The van der Waals surface area contributed by atoms with Crippen molar-refractivity contribution in [3.8, 4) is 0 Å². The molecule has 1 rings (SSSR count). The number of carboxylic acids is 1. The van der Waals surface area contributed by atoms with Crippen molar-refractivity contribution in [3.05, 3.63) is 28.2 Å². The molecule has 6 heteroatoms. The Morgan fingerprint density at radius 3 is 2.72 bits per heavy atom. The van der Waals surface area contributed by atoms with Crippen LogP contribution in [-0.2, 0) is 4.79 Å². The van der Waals surface area contributed by atoms with Crippen LogP contribution in [0.15, 0.2) is 22.7 Å². The van der Waals surface area contributed by atoms with Gasteiger partial charge in [0.1, 0.15) is 0 Å². The number of carbonyl (C=O) groups excluding carboxylic acids is 1. The number of carboxylic acid groups (broad SMARTS) is 1.